The average molecular weight is 643 g/mol. The van der Waals surface area contributed by atoms with Crippen LogP contribution < -0.4 is 10.6 Å². The number of ether oxygens (including phenoxy) is 1. The minimum atomic E-state index is -0.872. The van der Waals surface area contributed by atoms with Crippen LogP contribution in [0, 0.1) is 5.41 Å². The molecule has 0 unspecified atom stereocenters. The van der Waals surface area contributed by atoms with Crippen LogP contribution in [0.3, 0.4) is 0 Å². The Morgan fingerprint density at radius 1 is 0.872 bits per heavy atom. The van der Waals surface area contributed by atoms with Crippen molar-refractivity contribution in [2.45, 2.75) is 57.7 Å². The van der Waals surface area contributed by atoms with Gasteiger partial charge < -0.3 is 30.3 Å². The van der Waals surface area contributed by atoms with Gasteiger partial charge in [-0.1, -0.05) is 98.8 Å². The minimum absolute atomic E-state index is 0.0949. The van der Waals surface area contributed by atoms with E-state index in [-0.39, 0.29) is 49.9 Å². The number of benzene rings is 3. The van der Waals surface area contributed by atoms with Crippen LogP contribution in [0.5, 0.6) is 0 Å². The maximum Gasteiger partial charge on any atom is 0.249 e. The van der Waals surface area contributed by atoms with E-state index in [0.717, 1.165) is 41.6 Å². The number of hydrogen-bond acceptors (Lipinski definition) is 6. The molecule has 1 saturated heterocycles. The first-order chi connectivity index (χ1) is 22.6. The second kappa shape index (κ2) is 17.2. The first-order valence-corrected chi connectivity index (χ1v) is 16.5. The minimum Gasteiger partial charge on any atom is -0.396 e. The Morgan fingerprint density at radius 3 is 2.09 bits per heavy atom. The van der Waals surface area contributed by atoms with Gasteiger partial charge in [-0.3, -0.25) is 14.4 Å². The molecule has 0 bridgehead atoms. The highest BCUT2D eigenvalue weighted by Crippen LogP contribution is 2.22. The Balaban J connectivity index is 1.57. The third-order valence-electron chi connectivity index (χ3n) is 8.90. The van der Waals surface area contributed by atoms with Crippen molar-refractivity contribution >= 4 is 17.7 Å². The number of hydrogen-bond donors (Lipinski definition) is 3. The topological polar surface area (TPSA) is 111 Å². The van der Waals surface area contributed by atoms with Crippen molar-refractivity contribution in [3.8, 4) is 11.1 Å². The van der Waals surface area contributed by atoms with Gasteiger partial charge in [-0.2, -0.15) is 0 Å². The van der Waals surface area contributed by atoms with Gasteiger partial charge in [0.2, 0.25) is 17.7 Å². The summed E-state index contributed by atoms with van der Waals surface area (Å²) in [6.07, 6.45) is 2.66. The molecule has 4 rings (SSSR count). The average Bonchev–Trinajstić information content (AvgIpc) is 3.62. The summed E-state index contributed by atoms with van der Waals surface area (Å²) in [6, 6.07) is 26.1. The Bertz CT molecular complexity index is 1430. The van der Waals surface area contributed by atoms with Crippen LogP contribution >= 0.6 is 0 Å². The summed E-state index contributed by atoms with van der Waals surface area (Å²) in [6.45, 7) is 5.11. The molecule has 0 radical (unpaired) electrons. The molecule has 3 aromatic rings. The molecule has 252 valence electrons. The van der Waals surface area contributed by atoms with E-state index in [1.54, 1.807) is 14.1 Å². The predicted molar refractivity (Wildman–Crippen MR) is 185 cm³/mol. The van der Waals surface area contributed by atoms with Gasteiger partial charge in [0.25, 0.3) is 0 Å². The van der Waals surface area contributed by atoms with Crippen molar-refractivity contribution < 1.29 is 24.2 Å². The summed E-state index contributed by atoms with van der Waals surface area (Å²) in [5.41, 5.74) is 3.41. The van der Waals surface area contributed by atoms with Crippen molar-refractivity contribution in [2.24, 2.45) is 5.41 Å². The molecular formula is C38H50N4O5. The Morgan fingerprint density at radius 2 is 1.47 bits per heavy atom. The Hall–Kier alpha value is -4.05. The van der Waals surface area contributed by atoms with Gasteiger partial charge >= 0.3 is 0 Å². The maximum absolute atomic E-state index is 14.4. The second-order valence-corrected chi connectivity index (χ2v) is 13.3. The number of carbonyl (C=O) groups is 3. The van der Waals surface area contributed by atoms with E-state index in [9.17, 15) is 19.5 Å². The summed E-state index contributed by atoms with van der Waals surface area (Å²) in [5.74, 6) is -0.967. The van der Waals surface area contributed by atoms with Crippen LogP contribution in [0.4, 0.5) is 0 Å². The van der Waals surface area contributed by atoms with Crippen molar-refractivity contribution in [3.05, 3.63) is 96.1 Å². The van der Waals surface area contributed by atoms with E-state index in [0.29, 0.717) is 13.0 Å². The summed E-state index contributed by atoms with van der Waals surface area (Å²) < 4.78 is 5.78. The molecule has 47 heavy (non-hydrogen) atoms. The third-order valence-corrected chi connectivity index (χ3v) is 8.90. The largest absolute Gasteiger partial charge is 0.396 e. The first-order valence-electron chi connectivity index (χ1n) is 16.5. The zero-order valence-electron chi connectivity index (χ0n) is 28.2. The maximum atomic E-state index is 14.4. The summed E-state index contributed by atoms with van der Waals surface area (Å²) >= 11 is 0. The lowest BCUT2D eigenvalue weighted by molar-refractivity contribution is -0.149. The molecule has 3 aromatic carbocycles. The molecule has 9 nitrogen and oxygen atoms in total. The lowest BCUT2D eigenvalue weighted by atomic mass is 9.94. The Labute approximate surface area is 279 Å². The van der Waals surface area contributed by atoms with Crippen LogP contribution in [0.1, 0.15) is 37.8 Å². The molecule has 3 amide bonds. The van der Waals surface area contributed by atoms with E-state index in [2.05, 4.69) is 10.6 Å². The fourth-order valence-electron chi connectivity index (χ4n) is 5.67. The molecule has 1 aliphatic heterocycles. The number of amides is 3. The zero-order valence-corrected chi connectivity index (χ0v) is 28.2. The number of nitrogens with zero attached hydrogens (tertiary/aromatic N) is 2. The third kappa shape index (κ3) is 10.5. The number of aliphatic hydroxyl groups is 1. The normalized spacial score (nSPS) is 15.9. The van der Waals surface area contributed by atoms with Crippen LogP contribution in [-0.4, -0.2) is 97.8 Å². The lowest BCUT2D eigenvalue weighted by Crippen LogP contribution is -2.57. The van der Waals surface area contributed by atoms with E-state index in [1.165, 1.54) is 9.80 Å². The highest BCUT2D eigenvalue weighted by Gasteiger charge is 2.35. The molecule has 0 saturated carbocycles. The predicted octanol–water partition coefficient (Wildman–Crippen LogP) is 3.70. The fraction of sp³-hybridized carbons (Fsp3) is 0.447. The smallest absolute Gasteiger partial charge is 0.249 e. The van der Waals surface area contributed by atoms with Gasteiger partial charge in [0.05, 0.1) is 6.61 Å². The van der Waals surface area contributed by atoms with Gasteiger partial charge in [0.1, 0.15) is 18.7 Å². The molecule has 0 aliphatic carbocycles. The zero-order chi connectivity index (χ0) is 33.8. The van der Waals surface area contributed by atoms with Gasteiger partial charge in [0, 0.05) is 51.5 Å². The highest BCUT2D eigenvalue weighted by atomic mass is 16.5. The van der Waals surface area contributed by atoms with E-state index >= 15 is 0 Å². The van der Waals surface area contributed by atoms with Crippen LogP contribution in [0.2, 0.25) is 0 Å². The van der Waals surface area contributed by atoms with Crippen molar-refractivity contribution in [1.29, 1.82) is 0 Å². The first kappa shape index (κ1) is 35.8. The fourth-order valence-corrected chi connectivity index (χ4v) is 5.67. The molecule has 0 aromatic heterocycles. The standard InChI is InChI=1S/C38H50N4O5/c1-38(2,27-43)26-40-36(45)33(22-28-12-7-5-8-13-28)42(4)37(46)34(41(3)35(44)25-47-24-32-16-11-21-39-32)23-29-17-19-31(20-18-29)30-14-9-6-10-15-30/h5-10,12-15,17-20,32-34,39,43H,11,16,21-27H2,1-4H3,(H,40,45)/t32-,33-,34-/m1/s1. The SMILES string of the molecule is CN(C(=O)COC[C@H]1CCCN1)[C@H](Cc1ccc(-c2ccccc2)cc1)C(=O)N(C)[C@H](Cc1ccccc1)C(=O)NCC(C)(C)CO. The monoisotopic (exact) mass is 642 g/mol. The van der Waals surface area contributed by atoms with E-state index in [1.807, 2.05) is 98.8 Å². The van der Waals surface area contributed by atoms with Gasteiger partial charge in [-0.15, -0.1) is 0 Å². The molecule has 1 fully saturated rings. The van der Waals surface area contributed by atoms with Crippen LogP contribution in [0.25, 0.3) is 11.1 Å². The van der Waals surface area contributed by atoms with Crippen LogP contribution in [0.15, 0.2) is 84.9 Å². The molecule has 1 aliphatic rings. The van der Waals surface area contributed by atoms with Crippen molar-refractivity contribution in [1.82, 2.24) is 20.4 Å². The van der Waals surface area contributed by atoms with E-state index < -0.39 is 17.5 Å². The number of likely N-dealkylation sites (N-methyl/N-ethyl adjacent to an activating group) is 2. The quantitative estimate of drug-likeness (QED) is 0.220. The van der Waals surface area contributed by atoms with Gasteiger partial charge in [0.15, 0.2) is 0 Å². The molecular weight excluding hydrogens is 592 g/mol. The number of aliphatic hydroxyl groups excluding tert-OH is 1. The summed E-state index contributed by atoms with van der Waals surface area (Å²) in [4.78, 5) is 44.5. The van der Waals surface area contributed by atoms with E-state index in [4.69, 9.17) is 4.74 Å². The molecule has 1 heterocycles. The van der Waals surface area contributed by atoms with Gasteiger partial charge in [-0.25, -0.2) is 0 Å². The Kier molecular flexibility index (Phi) is 13.1. The summed E-state index contributed by atoms with van der Waals surface area (Å²) in [5, 5.41) is 16.1. The molecule has 3 atom stereocenters. The summed E-state index contributed by atoms with van der Waals surface area (Å²) in [7, 11) is 3.25. The number of rotatable bonds is 16. The van der Waals surface area contributed by atoms with Crippen molar-refractivity contribution in [2.75, 3.05) is 47.0 Å². The second-order valence-electron chi connectivity index (χ2n) is 13.3. The number of carbonyl (C=O) groups excluding carboxylic acids is 3. The molecule has 3 N–H and O–H groups in total. The highest BCUT2D eigenvalue weighted by molar-refractivity contribution is 5.92. The lowest BCUT2D eigenvalue weighted by Gasteiger charge is -2.35. The van der Waals surface area contributed by atoms with Gasteiger partial charge in [-0.05, 0) is 41.6 Å². The molecule has 9 heteroatoms. The number of nitrogens with one attached hydrogen (secondary N) is 2. The van der Waals surface area contributed by atoms with Crippen molar-refractivity contribution in [3.63, 3.8) is 0 Å². The van der Waals surface area contributed by atoms with Crippen LogP contribution in [-0.2, 0) is 32.0 Å². The molecule has 0 spiro atoms.